The quantitative estimate of drug-likeness (QED) is 0.675. The molecule has 0 radical (unpaired) electrons. The summed E-state index contributed by atoms with van der Waals surface area (Å²) in [5, 5.41) is 14.6. The van der Waals surface area contributed by atoms with Crippen LogP contribution in [0.25, 0.3) is 0 Å². The third-order valence-corrected chi connectivity index (χ3v) is 4.82. The van der Waals surface area contributed by atoms with Crippen molar-refractivity contribution in [2.24, 2.45) is 0 Å². The highest BCUT2D eigenvalue weighted by Crippen LogP contribution is 2.47. The number of aliphatic hydroxyl groups excluding tert-OH is 1. The fraction of sp³-hybridized carbons (Fsp3) is 0.611. The number of hydrogen-bond acceptors (Lipinski definition) is 3. The fourth-order valence-electron chi connectivity index (χ4n) is 3.87. The maximum atomic E-state index is 12.1. The lowest BCUT2D eigenvalue weighted by Gasteiger charge is -2.20. The van der Waals surface area contributed by atoms with Crippen LogP contribution in [0.5, 0.6) is 0 Å². The molecule has 0 aliphatic heterocycles. The van der Waals surface area contributed by atoms with E-state index in [1.54, 1.807) is 0 Å². The van der Waals surface area contributed by atoms with Crippen molar-refractivity contribution in [2.45, 2.75) is 44.1 Å². The predicted octanol–water partition coefficient (Wildman–Crippen LogP) is 2.25. The monoisotopic (exact) mass is 318 g/mol. The topological polar surface area (TPSA) is 70.6 Å². The Bertz CT molecular complexity index is 547. The molecule has 0 spiro atoms. The van der Waals surface area contributed by atoms with E-state index in [9.17, 15) is 4.79 Å². The molecule has 0 fully saturated rings. The molecule has 0 aromatic heterocycles. The standard InChI is InChI=1S/C18H26N2O3/c21-9-11-23-10-3-8-19-18(22)20-16-12-14-6-1-4-13-5-2-7-15(16)17(13)14/h2,5,7,14,16,21H,1,3-4,6,8-12H2,(H2,19,20,22). The van der Waals surface area contributed by atoms with Gasteiger partial charge in [-0.2, -0.15) is 0 Å². The van der Waals surface area contributed by atoms with E-state index in [1.807, 2.05) is 0 Å². The highest BCUT2D eigenvalue weighted by Gasteiger charge is 2.35. The first kappa shape index (κ1) is 16.3. The molecule has 1 aromatic carbocycles. The Kier molecular flexibility index (Phi) is 5.51. The Labute approximate surface area is 137 Å². The average molecular weight is 318 g/mol. The first-order valence-electron chi connectivity index (χ1n) is 8.64. The van der Waals surface area contributed by atoms with Crippen molar-refractivity contribution in [3.8, 4) is 0 Å². The molecule has 2 aliphatic rings. The lowest BCUT2D eigenvalue weighted by Crippen LogP contribution is -2.38. The summed E-state index contributed by atoms with van der Waals surface area (Å²) in [5.41, 5.74) is 4.29. The van der Waals surface area contributed by atoms with Crippen molar-refractivity contribution in [3.63, 3.8) is 0 Å². The largest absolute Gasteiger partial charge is 0.394 e. The molecule has 23 heavy (non-hydrogen) atoms. The van der Waals surface area contributed by atoms with E-state index < -0.39 is 0 Å². The Morgan fingerprint density at radius 2 is 2.26 bits per heavy atom. The number of benzene rings is 1. The molecule has 0 saturated heterocycles. The summed E-state index contributed by atoms with van der Waals surface area (Å²) in [6, 6.07) is 6.55. The molecule has 126 valence electrons. The Balaban J connectivity index is 1.48. The van der Waals surface area contributed by atoms with Crippen molar-refractivity contribution in [2.75, 3.05) is 26.4 Å². The van der Waals surface area contributed by atoms with Crippen molar-refractivity contribution in [3.05, 3.63) is 34.9 Å². The van der Waals surface area contributed by atoms with Crippen molar-refractivity contribution in [1.29, 1.82) is 0 Å². The smallest absolute Gasteiger partial charge is 0.315 e. The van der Waals surface area contributed by atoms with E-state index in [2.05, 4.69) is 28.8 Å². The lowest BCUT2D eigenvalue weighted by molar-refractivity contribution is 0.0909. The normalized spacial score (nSPS) is 21.8. The molecule has 0 saturated carbocycles. The van der Waals surface area contributed by atoms with Gasteiger partial charge in [-0.1, -0.05) is 18.2 Å². The van der Waals surface area contributed by atoms with Crippen LogP contribution in [0.15, 0.2) is 18.2 Å². The molecule has 3 rings (SSSR count). The zero-order valence-corrected chi connectivity index (χ0v) is 13.5. The first-order chi connectivity index (χ1) is 11.3. The second kappa shape index (κ2) is 7.79. The molecule has 5 heteroatoms. The molecular weight excluding hydrogens is 292 g/mol. The van der Waals surface area contributed by atoms with Gasteiger partial charge in [-0.15, -0.1) is 0 Å². The van der Waals surface area contributed by atoms with Gasteiger partial charge in [0.25, 0.3) is 0 Å². The van der Waals surface area contributed by atoms with Crippen LogP contribution in [0.3, 0.4) is 0 Å². The van der Waals surface area contributed by atoms with Gasteiger partial charge in [0.1, 0.15) is 0 Å². The zero-order valence-electron chi connectivity index (χ0n) is 13.5. The maximum absolute atomic E-state index is 12.1. The van der Waals surface area contributed by atoms with Crippen LogP contribution in [0.2, 0.25) is 0 Å². The second-order valence-electron chi connectivity index (χ2n) is 6.39. The van der Waals surface area contributed by atoms with Crippen LogP contribution in [0, 0.1) is 0 Å². The van der Waals surface area contributed by atoms with Gasteiger partial charge in [0, 0.05) is 13.2 Å². The number of ether oxygens (including phenoxy) is 1. The van der Waals surface area contributed by atoms with Crippen LogP contribution in [0.4, 0.5) is 4.79 Å². The summed E-state index contributed by atoms with van der Waals surface area (Å²) in [6.45, 7) is 1.53. The van der Waals surface area contributed by atoms with Gasteiger partial charge in [0.2, 0.25) is 0 Å². The summed E-state index contributed by atoms with van der Waals surface area (Å²) >= 11 is 0. The van der Waals surface area contributed by atoms with Crippen molar-refractivity contribution >= 4 is 6.03 Å². The van der Waals surface area contributed by atoms with Crippen LogP contribution < -0.4 is 10.6 Å². The van der Waals surface area contributed by atoms with Crippen LogP contribution in [-0.4, -0.2) is 37.5 Å². The average Bonchev–Trinajstić information content (AvgIpc) is 2.91. The molecule has 2 aliphatic carbocycles. The minimum absolute atomic E-state index is 0.0398. The van der Waals surface area contributed by atoms with Gasteiger partial charge >= 0.3 is 6.03 Å². The van der Waals surface area contributed by atoms with Gasteiger partial charge in [0.05, 0.1) is 19.3 Å². The Morgan fingerprint density at radius 3 is 3.13 bits per heavy atom. The van der Waals surface area contributed by atoms with Gasteiger partial charge in [-0.3, -0.25) is 0 Å². The molecule has 1 aromatic rings. The third-order valence-electron chi connectivity index (χ3n) is 4.82. The van der Waals surface area contributed by atoms with E-state index in [-0.39, 0.29) is 18.7 Å². The molecule has 2 amide bonds. The van der Waals surface area contributed by atoms with E-state index in [0.29, 0.717) is 25.7 Å². The number of amides is 2. The zero-order chi connectivity index (χ0) is 16.1. The predicted molar refractivity (Wildman–Crippen MR) is 88.5 cm³/mol. The van der Waals surface area contributed by atoms with Gasteiger partial charge < -0.3 is 20.5 Å². The number of rotatable bonds is 7. The fourth-order valence-corrected chi connectivity index (χ4v) is 3.87. The second-order valence-corrected chi connectivity index (χ2v) is 6.39. The van der Waals surface area contributed by atoms with E-state index in [0.717, 1.165) is 12.8 Å². The Morgan fingerprint density at radius 1 is 1.35 bits per heavy atom. The Hall–Kier alpha value is -1.59. The number of carbonyl (C=O) groups excluding carboxylic acids is 1. The van der Waals surface area contributed by atoms with E-state index in [1.165, 1.54) is 36.0 Å². The summed E-state index contributed by atoms with van der Waals surface area (Å²) in [4.78, 5) is 12.1. The van der Waals surface area contributed by atoms with Crippen LogP contribution >= 0.6 is 0 Å². The maximum Gasteiger partial charge on any atom is 0.315 e. The number of carbonyl (C=O) groups is 1. The van der Waals surface area contributed by atoms with Gasteiger partial charge in [-0.05, 0) is 54.7 Å². The minimum atomic E-state index is -0.103. The van der Waals surface area contributed by atoms with Crippen LogP contribution in [-0.2, 0) is 11.2 Å². The number of nitrogens with one attached hydrogen (secondary N) is 2. The van der Waals surface area contributed by atoms with E-state index >= 15 is 0 Å². The SMILES string of the molecule is O=C(NCCCOCCO)NC1CC2CCCc3cccc1c32. The molecular formula is C18H26N2O3. The van der Waals surface area contributed by atoms with Gasteiger partial charge in [-0.25, -0.2) is 4.79 Å². The number of aryl methyl sites for hydroxylation is 1. The number of urea groups is 1. The minimum Gasteiger partial charge on any atom is -0.394 e. The lowest BCUT2D eigenvalue weighted by atomic mass is 9.84. The molecule has 3 N–H and O–H groups in total. The summed E-state index contributed by atoms with van der Waals surface area (Å²) in [7, 11) is 0. The third kappa shape index (κ3) is 3.85. The highest BCUT2D eigenvalue weighted by atomic mass is 16.5. The molecule has 2 unspecified atom stereocenters. The molecule has 2 atom stereocenters. The van der Waals surface area contributed by atoms with Crippen molar-refractivity contribution in [1.82, 2.24) is 10.6 Å². The van der Waals surface area contributed by atoms with Crippen molar-refractivity contribution < 1.29 is 14.6 Å². The summed E-state index contributed by atoms with van der Waals surface area (Å²) in [5.74, 6) is 0.618. The number of aliphatic hydroxyl groups is 1. The van der Waals surface area contributed by atoms with Crippen LogP contribution in [0.1, 0.15) is 54.3 Å². The van der Waals surface area contributed by atoms with E-state index in [4.69, 9.17) is 9.84 Å². The molecule has 0 heterocycles. The first-order valence-corrected chi connectivity index (χ1v) is 8.64. The van der Waals surface area contributed by atoms with Gasteiger partial charge in [0.15, 0.2) is 0 Å². The molecule has 0 bridgehead atoms. The summed E-state index contributed by atoms with van der Waals surface area (Å²) in [6.07, 6.45) is 5.45. The molecule has 5 nitrogen and oxygen atoms in total. The summed E-state index contributed by atoms with van der Waals surface area (Å²) < 4.78 is 5.17. The highest BCUT2D eigenvalue weighted by molar-refractivity contribution is 5.74. The number of hydrogen-bond donors (Lipinski definition) is 3.